The molecule has 0 aliphatic carbocycles. The van der Waals surface area contributed by atoms with Gasteiger partial charge in [0.1, 0.15) is 5.75 Å². The Morgan fingerprint density at radius 2 is 1.90 bits per heavy atom. The Morgan fingerprint density at radius 3 is 2.68 bits per heavy atom. The van der Waals surface area contributed by atoms with Crippen LogP contribution in [-0.2, 0) is 11.3 Å². The standard InChI is InChI=1S/C25H29N3O3/c1-3-31-21-13-11-19(12-14-21)24-23-10-6-16-27(23)22-9-5-4-8-20(22)18-28(24)25(29)26-15-7-17-30-2/h4-6,8-14,16,24H,3,7,15,17-18H2,1-2H3,(H,26,29)/t24-/m0/s1. The van der Waals surface area contributed by atoms with Crippen molar-refractivity contribution in [1.29, 1.82) is 0 Å². The van der Waals surface area contributed by atoms with Crippen LogP contribution in [0.25, 0.3) is 5.69 Å². The number of carbonyl (C=O) groups excluding carboxylic acids is 1. The van der Waals surface area contributed by atoms with E-state index in [1.165, 1.54) is 0 Å². The van der Waals surface area contributed by atoms with Crippen molar-refractivity contribution in [2.75, 3.05) is 26.9 Å². The molecule has 1 N–H and O–H groups in total. The topological polar surface area (TPSA) is 55.7 Å². The molecule has 0 bridgehead atoms. The van der Waals surface area contributed by atoms with Gasteiger partial charge in [-0.05, 0) is 54.8 Å². The molecule has 1 aromatic heterocycles. The van der Waals surface area contributed by atoms with Crippen molar-refractivity contribution in [3.63, 3.8) is 0 Å². The molecule has 4 rings (SSSR count). The number of benzene rings is 2. The van der Waals surface area contributed by atoms with Crippen LogP contribution in [-0.4, -0.2) is 42.4 Å². The first-order chi connectivity index (χ1) is 15.2. The molecule has 31 heavy (non-hydrogen) atoms. The summed E-state index contributed by atoms with van der Waals surface area (Å²) in [6.07, 6.45) is 2.84. The minimum absolute atomic E-state index is 0.0839. The summed E-state index contributed by atoms with van der Waals surface area (Å²) in [5.74, 6) is 0.828. The van der Waals surface area contributed by atoms with Crippen LogP contribution in [0.4, 0.5) is 4.79 Å². The second-order valence-electron chi connectivity index (χ2n) is 7.54. The van der Waals surface area contributed by atoms with Crippen LogP contribution in [0.15, 0.2) is 66.9 Å². The number of para-hydroxylation sites is 1. The zero-order valence-electron chi connectivity index (χ0n) is 18.1. The van der Waals surface area contributed by atoms with E-state index in [0.717, 1.165) is 34.7 Å². The van der Waals surface area contributed by atoms with Gasteiger partial charge >= 0.3 is 6.03 Å². The van der Waals surface area contributed by atoms with E-state index >= 15 is 0 Å². The van der Waals surface area contributed by atoms with Gasteiger partial charge in [-0.25, -0.2) is 4.79 Å². The number of ether oxygens (including phenoxy) is 2. The van der Waals surface area contributed by atoms with Gasteiger partial charge in [-0.3, -0.25) is 0 Å². The zero-order chi connectivity index (χ0) is 21.6. The van der Waals surface area contributed by atoms with Crippen molar-refractivity contribution in [3.05, 3.63) is 83.7 Å². The lowest BCUT2D eigenvalue weighted by atomic mass is 10.0. The molecule has 0 fully saturated rings. The number of methoxy groups -OCH3 is 1. The highest BCUT2D eigenvalue weighted by atomic mass is 16.5. The van der Waals surface area contributed by atoms with Gasteiger partial charge in [0.15, 0.2) is 0 Å². The fraction of sp³-hybridized carbons (Fsp3) is 0.320. The molecule has 2 aromatic carbocycles. The summed E-state index contributed by atoms with van der Waals surface area (Å²) < 4.78 is 12.9. The van der Waals surface area contributed by atoms with Crippen LogP contribution in [0.2, 0.25) is 0 Å². The van der Waals surface area contributed by atoms with Gasteiger partial charge in [0.25, 0.3) is 0 Å². The Bertz CT molecular complexity index is 1010. The zero-order valence-corrected chi connectivity index (χ0v) is 18.1. The lowest BCUT2D eigenvalue weighted by Gasteiger charge is -2.31. The van der Waals surface area contributed by atoms with E-state index in [-0.39, 0.29) is 12.1 Å². The molecule has 1 atom stereocenters. The van der Waals surface area contributed by atoms with Crippen LogP contribution >= 0.6 is 0 Å². The van der Waals surface area contributed by atoms with E-state index in [1.54, 1.807) is 7.11 Å². The molecule has 0 saturated carbocycles. The quantitative estimate of drug-likeness (QED) is 0.573. The third kappa shape index (κ3) is 4.44. The molecular formula is C25H29N3O3. The van der Waals surface area contributed by atoms with E-state index in [2.05, 4.69) is 34.3 Å². The minimum Gasteiger partial charge on any atom is -0.494 e. The van der Waals surface area contributed by atoms with Crippen LogP contribution in [0.5, 0.6) is 5.75 Å². The molecule has 1 aliphatic rings. The molecule has 6 heteroatoms. The predicted octanol–water partition coefficient (Wildman–Crippen LogP) is 4.53. The fourth-order valence-corrected chi connectivity index (χ4v) is 4.12. The van der Waals surface area contributed by atoms with Crippen molar-refractivity contribution in [1.82, 2.24) is 14.8 Å². The molecule has 3 aromatic rings. The van der Waals surface area contributed by atoms with Gasteiger partial charge in [-0.1, -0.05) is 30.3 Å². The Kier molecular flexibility index (Phi) is 6.57. The van der Waals surface area contributed by atoms with Crippen LogP contribution < -0.4 is 10.1 Å². The summed E-state index contributed by atoms with van der Waals surface area (Å²) in [5.41, 5.74) is 4.32. The lowest BCUT2D eigenvalue weighted by Crippen LogP contribution is -2.42. The maximum Gasteiger partial charge on any atom is 0.318 e. The van der Waals surface area contributed by atoms with Crippen LogP contribution in [0.3, 0.4) is 0 Å². The Labute approximate surface area is 183 Å². The Morgan fingerprint density at radius 1 is 1.10 bits per heavy atom. The largest absolute Gasteiger partial charge is 0.494 e. The number of carbonyl (C=O) groups is 1. The van der Waals surface area contributed by atoms with E-state index in [9.17, 15) is 4.79 Å². The number of nitrogens with one attached hydrogen (secondary N) is 1. The van der Waals surface area contributed by atoms with E-state index in [0.29, 0.717) is 26.3 Å². The van der Waals surface area contributed by atoms with Gasteiger partial charge in [-0.15, -0.1) is 0 Å². The summed E-state index contributed by atoms with van der Waals surface area (Å²) in [4.78, 5) is 15.3. The van der Waals surface area contributed by atoms with Gasteiger partial charge in [-0.2, -0.15) is 0 Å². The molecule has 0 saturated heterocycles. The van der Waals surface area contributed by atoms with Crippen molar-refractivity contribution in [3.8, 4) is 11.4 Å². The number of fused-ring (bicyclic) bond motifs is 3. The summed E-state index contributed by atoms with van der Waals surface area (Å²) in [5, 5.41) is 3.07. The van der Waals surface area contributed by atoms with Crippen LogP contribution in [0, 0.1) is 0 Å². The molecule has 162 valence electrons. The van der Waals surface area contributed by atoms with Crippen molar-refractivity contribution >= 4 is 6.03 Å². The van der Waals surface area contributed by atoms with E-state index in [1.807, 2.05) is 54.3 Å². The summed E-state index contributed by atoms with van der Waals surface area (Å²) >= 11 is 0. The molecule has 0 radical (unpaired) electrons. The highest BCUT2D eigenvalue weighted by Gasteiger charge is 2.32. The number of urea groups is 1. The first-order valence-corrected chi connectivity index (χ1v) is 10.7. The van der Waals surface area contributed by atoms with E-state index in [4.69, 9.17) is 9.47 Å². The average molecular weight is 420 g/mol. The van der Waals surface area contributed by atoms with Gasteiger partial charge < -0.3 is 24.3 Å². The summed E-state index contributed by atoms with van der Waals surface area (Å²) in [7, 11) is 1.67. The molecule has 0 unspecified atom stereocenters. The van der Waals surface area contributed by atoms with Crippen LogP contribution in [0.1, 0.15) is 36.2 Å². The van der Waals surface area contributed by atoms with E-state index < -0.39 is 0 Å². The van der Waals surface area contributed by atoms with Gasteiger partial charge in [0, 0.05) is 32.2 Å². The smallest absolute Gasteiger partial charge is 0.318 e. The molecule has 2 amide bonds. The highest BCUT2D eigenvalue weighted by Crippen LogP contribution is 2.37. The molecule has 0 spiro atoms. The van der Waals surface area contributed by atoms with Gasteiger partial charge in [0.05, 0.1) is 24.9 Å². The normalized spacial score (nSPS) is 15.0. The monoisotopic (exact) mass is 419 g/mol. The number of nitrogens with zero attached hydrogens (tertiary/aromatic N) is 2. The molecular weight excluding hydrogens is 390 g/mol. The second-order valence-corrected chi connectivity index (χ2v) is 7.54. The second kappa shape index (κ2) is 9.71. The SMILES string of the molecule is CCOc1ccc([C@H]2c3cccn3-c3ccccc3CN2C(=O)NCCCOC)cc1. The third-order valence-electron chi connectivity index (χ3n) is 5.53. The molecule has 6 nitrogen and oxygen atoms in total. The third-order valence-corrected chi connectivity index (χ3v) is 5.53. The first-order valence-electron chi connectivity index (χ1n) is 10.7. The molecule has 1 aliphatic heterocycles. The maximum atomic E-state index is 13.3. The Hall–Kier alpha value is -3.25. The Balaban J connectivity index is 1.73. The number of aromatic nitrogens is 1. The first kappa shape index (κ1) is 21.0. The number of amides is 2. The van der Waals surface area contributed by atoms with Crippen molar-refractivity contribution < 1.29 is 14.3 Å². The highest BCUT2D eigenvalue weighted by molar-refractivity contribution is 5.76. The molecule has 2 heterocycles. The van der Waals surface area contributed by atoms with Gasteiger partial charge in [0.2, 0.25) is 0 Å². The average Bonchev–Trinajstić information content (AvgIpc) is 3.22. The summed E-state index contributed by atoms with van der Waals surface area (Å²) in [6.45, 7) is 4.30. The fourth-order valence-electron chi connectivity index (χ4n) is 4.12. The lowest BCUT2D eigenvalue weighted by molar-refractivity contribution is 0.174. The number of hydrogen-bond donors (Lipinski definition) is 1. The maximum absolute atomic E-state index is 13.3. The summed E-state index contributed by atoms with van der Waals surface area (Å²) in [6, 6.07) is 20.1. The predicted molar refractivity (Wildman–Crippen MR) is 121 cm³/mol. The number of hydrogen-bond acceptors (Lipinski definition) is 3. The van der Waals surface area contributed by atoms with Crippen molar-refractivity contribution in [2.45, 2.75) is 25.9 Å². The van der Waals surface area contributed by atoms with Crippen molar-refractivity contribution in [2.24, 2.45) is 0 Å². The minimum atomic E-state index is -0.222. The number of rotatable bonds is 7.